The second-order valence-electron chi connectivity index (χ2n) is 2.62. The van der Waals surface area contributed by atoms with Crippen molar-refractivity contribution in [3.8, 4) is 11.4 Å². The van der Waals surface area contributed by atoms with Gasteiger partial charge in [-0.05, 0) is 18.2 Å². The van der Waals surface area contributed by atoms with E-state index < -0.39 is 0 Å². The number of rotatable bonds is 1. The Balaban J connectivity index is 2.46. The van der Waals surface area contributed by atoms with Crippen molar-refractivity contribution in [2.24, 2.45) is 0 Å². The molecule has 2 rings (SSSR count). The Bertz CT molecular complexity index is 425. The maximum atomic E-state index is 12.8. The molecule has 13 heavy (non-hydrogen) atoms. The van der Waals surface area contributed by atoms with E-state index in [1.165, 1.54) is 29.2 Å². The van der Waals surface area contributed by atoms with E-state index >= 15 is 0 Å². The van der Waals surface area contributed by atoms with E-state index in [1.807, 2.05) is 0 Å². The fourth-order valence-electron chi connectivity index (χ4n) is 1.07. The molecule has 0 unspecified atom stereocenters. The predicted octanol–water partition coefficient (Wildman–Crippen LogP) is 1.72. The standard InChI is InChI=1S/C9H7FN2O/c10-7-2-1-3-8(4-7)12-6-9(13)5-11-12/h1-6,13H. The van der Waals surface area contributed by atoms with Gasteiger partial charge in [0, 0.05) is 0 Å². The molecule has 0 aliphatic carbocycles. The van der Waals surface area contributed by atoms with Gasteiger partial charge in [-0.25, -0.2) is 9.07 Å². The molecular weight excluding hydrogens is 171 g/mol. The number of aromatic hydroxyl groups is 1. The van der Waals surface area contributed by atoms with Crippen molar-refractivity contribution in [1.29, 1.82) is 0 Å². The Morgan fingerprint density at radius 3 is 2.85 bits per heavy atom. The van der Waals surface area contributed by atoms with Crippen molar-refractivity contribution in [2.45, 2.75) is 0 Å². The second-order valence-corrected chi connectivity index (χ2v) is 2.62. The van der Waals surface area contributed by atoms with Gasteiger partial charge in [0.05, 0.1) is 18.1 Å². The molecule has 0 saturated heterocycles. The predicted molar refractivity (Wildman–Crippen MR) is 45.2 cm³/mol. The first-order valence-electron chi connectivity index (χ1n) is 3.75. The van der Waals surface area contributed by atoms with Crippen molar-refractivity contribution in [2.75, 3.05) is 0 Å². The summed E-state index contributed by atoms with van der Waals surface area (Å²) >= 11 is 0. The minimum Gasteiger partial charge on any atom is -0.505 e. The van der Waals surface area contributed by atoms with Crippen LogP contribution < -0.4 is 0 Å². The Labute approximate surface area is 74.1 Å². The molecule has 0 fully saturated rings. The Morgan fingerprint density at radius 1 is 1.38 bits per heavy atom. The summed E-state index contributed by atoms with van der Waals surface area (Å²) < 4.78 is 14.2. The molecule has 0 radical (unpaired) electrons. The van der Waals surface area contributed by atoms with E-state index in [0.717, 1.165) is 0 Å². The van der Waals surface area contributed by atoms with Gasteiger partial charge in [-0.3, -0.25) is 0 Å². The third kappa shape index (κ3) is 1.51. The minimum atomic E-state index is -0.326. The summed E-state index contributed by atoms with van der Waals surface area (Å²) in [6, 6.07) is 5.98. The first-order chi connectivity index (χ1) is 6.25. The summed E-state index contributed by atoms with van der Waals surface area (Å²) in [5.74, 6) is -0.267. The molecule has 0 aliphatic rings. The molecule has 66 valence electrons. The third-order valence-corrected chi connectivity index (χ3v) is 1.64. The van der Waals surface area contributed by atoms with Gasteiger partial charge in [0.1, 0.15) is 5.82 Å². The van der Waals surface area contributed by atoms with Gasteiger partial charge in [-0.15, -0.1) is 0 Å². The number of aromatic nitrogens is 2. The SMILES string of the molecule is Oc1cnn(-c2cccc(F)c2)c1. The highest BCUT2D eigenvalue weighted by Gasteiger charge is 1.99. The average Bonchev–Trinajstić information content (AvgIpc) is 2.52. The van der Waals surface area contributed by atoms with E-state index in [0.29, 0.717) is 5.69 Å². The van der Waals surface area contributed by atoms with Crippen LogP contribution in [0.2, 0.25) is 0 Å². The van der Waals surface area contributed by atoms with Gasteiger partial charge < -0.3 is 5.11 Å². The number of halogens is 1. The Kier molecular flexibility index (Phi) is 1.73. The smallest absolute Gasteiger partial charge is 0.153 e. The van der Waals surface area contributed by atoms with Crippen molar-refractivity contribution in [1.82, 2.24) is 9.78 Å². The van der Waals surface area contributed by atoms with Crippen LogP contribution in [0.1, 0.15) is 0 Å². The molecule has 0 aliphatic heterocycles. The van der Waals surface area contributed by atoms with Gasteiger partial charge in [0.2, 0.25) is 0 Å². The van der Waals surface area contributed by atoms with Crippen molar-refractivity contribution < 1.29 is 9.50 Å². The second kappa shape index (κ2) is 2.90. The Morgan fingerprint density at radius 2 is 2.23 bits per heavy atom. The molecular formula is C9H7FN2O. The highest BCUT2D eigenvalue weighted by atomic mass is 19.1. The zero-order valence-electron chi connectivity index (χ0n) is 6.68. The quantitative estimate of drug-likeness (QED) is 0.721. The van der Waals surface area contributed by atoms with Gasteiger partial charge in [-0.1, -0.05) is 6.07 Å². The molecule has 1 aromatic carbocycles. The summed E-state index contributed by atoms with van der Waals surface area (Å²) in [6.45, 7) is 0. The van der Waals surface area contributed by atoms with E-state index in [2.05, 4.69) is 5.10 Å². The third-order valence-electron chi connectivity index (χ3n) is 1.64. The topological polar surface area (TPSA) is 38.1 Å². The Hall–Kier alpha value is -1.84. The number of benzene rings is 1. The largest absolute Gasteiger partial charge is 0.505 e. The van der Waals surface area contributed by atoms with Crippen LogP contribution in [0, 0.1) is 5.82 Å². The summed E-state index contributed by atoms with van der Waals surface area (Å²) in [4.78, 5) is 0. The van der Waals surface area contributed by atoms with Crippen LogP contribution in [0.5, 0.6) is 5.75 Å². The van der Waals surface area contributed by atoms with Crippen LogP contribution in [0.15, 0.2) is 36.7 Å². The molecule has 0 saturated carbocycles. The first-order valence-corrected chi connectivity index (χ1v) is 3.75. The molecule has 0 bridgehead atoms. The average molecular weight is 178 g/mol. The summed E-state index contributed by atoms with van der Waals surface area (Å²) in [5, 5.41) is 12.8. The monoisotopic (exact) mass is 178 g/mol. The van der Waals surface area contributed by atoms with Crippen LogP contribution in [0.25, 0.3) is 5.69 Å². The maximum Gasteiger partial charge on any atom is 0.153 e. The van der Waals surface area contributed by atoms with Crippen LogP contribution in [0.3, 0.4) is 0 Å². The molecule has 0 amide bonds. The lowest BCUT2D eigenvalue weighted by Crippen LogP contribution is -1.93. The molecule has 1 heterocycles. The minimum absolute atomic E-state index is 0.0595. The van der Waals surface area contributed by atoms with E-state index in [1.54, 1.807) is 12.1 Å². The van der Waals surface area contributed by atoms with E-state index in [9.17, 15) is 4.39 Å². The number of hydrogen-bond acceptors (Lipinski definition) is 2. The van der Waals surface area contributed by atoms with Crippen LogP contribution in [-0.4, -0.2) is 14.9 Å². The highest BCUT2D eigenvalue weighted by molar-refractivity contribution is 5.32. The molecule has 0 atom stereocenters. The summed E-state index contributed by atoms with van der Waals surface area (Å²) in [7, 11) is 0. The summed E-state index contributed by atoms with van der Waals surface area (Å²) in [6.07, 6.45) is 2.71. The normalized spacial score (nSPS) is 10.2. The van der Waals surface area contributed by atoms with Crippen molar-refractivity contribution in [3.63, 3.8) is 0 Å². The lowest BCUT2D eigenvalue weighted by molar-refractivity contribution is 0.475. The van der Waals surface area contributed by atoms with E-state index in [-0.39, 0.29) is 11.6 Å². The fraction of sp³-hybridized carbons (Fsp3) is 0. The van der Waals surface area contributed by atoms with Crippen molar-refractivity contribution in [3.05, 3.63) is 42.5 Å². The lowest BCUT2D eigenvalue weighted by atomic mass is 10.3. The van der Waals surface area contributed by atoms with Crippen LogP contribution >= 0.6 is 0 Å². The molecule has 0 spiro atoms. The maximum absolute atomic E-state index is 12.8. The first kappa shape index (κ1) is 7.79. The number of hydrogen-bond donors (Lipinski definition) is 1. The molecule has 3 nitrogen and oxygen atoms in total. The van der Waals surface area contributed by atoms with Gasteiger partial charge in [-0.2, -0.15) is 5.10 Å². The fourth-order valence-corrected chi connectivity index (χ4v) is 1.07. The van der Waals surface area contributed by atoms with Gasteiger partial charge in [0.15, 0.2) is 5.75 Å². The van der Waals surface area contributed by atoms with Crippen LogP contribution in [0.4, 0.5) is 4.39 Å². The zero-order chi connectivity index (χ0) is 9.26. The number of nitrogens with zero attached hydrogens (tertiary/aromatic N) is 2. The zero-order valence-corrected chi connectivity index (χ0v) is 6.68. The van der Waals surface area contributed by atoms with Gasteiger partial charge >= 0.3 is 0 Å². The molecule has 1 N–H and O–H groups in total. The lowest BCUT2D eigenvalue weighted by Gasteiger charge is -1.99. The van der Waals surface area contributed by atoms with Crippen molar-refractivity contribution >= 4 is 0 Å². The summed E-state index contributed by atoms with van der Waals surface area (Å²) in [5.41, 5.74) is 0.584. The molecule has 4 heteroatoms. The molecule has 2 aromatic rings. The van der Waals surface area contributed by atoms with Gasteiger partial charge in [0.25, 0.3) is 0 Å². The van der Waals surface area contributed by atoms with Crippen LogP contribution in [-0.2, 0) is 0 Å². The highest BCUT2D eigenvalue weighted by Crippen LogP contribution is 2.12. The van der Waals surface area contributed by atoms with E-state index in [4.69, 9.17) is 5.11 Å². The molecule has 1 aromatic heterocycles.